The summed E-state index contributed by atoms with van der Waals surface area (Å²) in [6, 6.07) is 10.7. The number of fused-ring (bicyclic) bond motifs is 1. The summed E-state index contributed by atoms with van der Waals surface area (Å²) in [5.74, 6) is 0.290. The molecule has 1 aliphatic rings. The highest BCUT2D eigenvalue weighted by atomic mass is 19.1. The van der Waals surface area contributed by atoms with Gasteiger partial charge in [-0.3, -0.25) is 15.0 Å². The van der Waals surface area contributed by atoms with Gasteiger partial charge in [0.1, 0.15) is 30.5 Å². The smallest absolute Gasteiger partial charge is 0.148 e. The highest BCUT2D eigenvalue weighted by molar-refractivity contribution is 5.65. The zero-order valence-corrected chi connectivity index (χ0v) is 14.3. The van der Waals surface area contributed by atoms with E-state index < -0.39 is 0 Å². The lowest BCUT2D eigenvalue weighted by Crippen LogP contribution is -2.36. The second-order valence-corrected chi connectivity index (χ2v) is 6.00. The highest BCUT2D eigenvalue weighted by Gasteiger charge is 2.11. The molecule has 3 aromatic rings. The van der Waals surface area contributed by atoms with E-state index in [1.807, 2.05) is 31.2 Å². The molecule has 0 bridgehead atoms. The Kier molecular flexibility index (Phi) is 4.31. The van der Waals surface area contributed by atoms with Gasteiger partial charge < -0.3 is 9.64 Å². The molecule has 0 saturated carbocycles. The zero-order valence-electron chi connectivity index (χ0n) is 14.3. The van der Waals surface area contributed by atoms with Gasteiger partial charge in [0.15, 0.2) is 0 Å². The van der Waals surface area contributed by atoms with E-state index in [2.05, 4.69) is 26.1 Å². The van der Waals surface area contributed by atoms with Crippen molar-refractivity contribution >= 4 is 11.9 Å². The fraction of sp³-hybridized carbons (Fsp3) is 0.150. The summed E-state index contributed by atoms with van der Waals surface area (Å²) >= 11 is 0. The van der Waals surface area contributed by atoms with Crippen LogP contribution in [0.25, 0.3) is 6.20 Å². The quantitative estimate of drug-likeness (QED) is 0.726. The van der Waals surface area contributed by atoms with Gasteiger partial charge in [-0.2, -0.15) is 0 Å². The average Bonchev–Trinajstić information content (AvgIpc) is 2.68. The molecule has 0 N–H and O–H groups in total. The summed E-state index contributed by atoms with van der Waals surface area (Å²) in [6.07, 6.45) is 7.12. The molecule has 2 aromatic heterocycles. The number of rotatable bonds is 4. The fourth-order valence-electron chi connectivity index (χ4n) is 2.81. The highest BCUT2D eigenvalue weighted by Crippen LogP contribution is 2.27. The second kappa shape index (κ2) is 6.92. The molecule has 4 rings (SSSR count). The third kappa shape index (κ3) is 3.26. The number of pyridine rings is 2. The first-order valence-electron chi connectivity index (χ1n) is 8.26. The Bertz CT molecular complexity index is 1070. The van der Waals surface area contributed by atoms with E-state index in [0.717, 1.165) is 21.8 Å². The molecule has 1 aromatic carbocycles. The number of ether oxygens (including phenoxy) is 1. The van der Waals surface area contributed by atoms with Crippen molar-refractivity contribution in [3.8, 4) is 5.75 Å². The molecular formula is C20H17FN4O. The van der Waals surface area contributed by atoms with Gasteiger partial charge in [0, 0.05) is 35.6 Å². The van der Waals surface area contributed by atoms with Crippen LogP contribution in [-0.4, -0.2) is 16.6 Å². The van der Waals surface area contributed by atoms with Crippen LogP contribution < -0.4 is 20.2 Å². The molecular weight excluding hydrogens is 331 g/mol. The van der Waals surface area contributed by atoms with E-state index in [1.54, 1.807) is 24.7 Å². The predicted octanol–water partition coefficient (Wildman–Crippen LogP) is 2.34. The molecule has 0 radical (unpaired) electrons. The maximum absolute atomic E-state index is 13.7. The third-order valence-electron chi connectivity index (χ3n) is 4.22. The van der Waals surface area contributed by atoms with Crippen LogP contribution >= 0.6 is 0 Å². The number of aromatic nitrogens is 2. The number of hydrogen-bond acceptors (Lipinski definition) is 5. The van der Waals surface area contributed by atoms with Crippen LogP contribution in [0.3, 0.4) is 0 Å². The number of benzene rings is 1. The molecule has 26 heavy (non-hydrogen) atoms. The number of aryl methyl sites for hydroxylation is 1. The summed E-state index contributed by atoms with van der Waals surface area (Å²) < 4.78 is 19.4. The molecule has 0 unspecified atom stereocenters. The van der Waals surface area contributed by atoms with Gasteiger partial charge in [-0.1, -0.05) is 6.07 Å². The number of anilines is 1. The monoisotopic (exact) mass is 348 g/mol. The Morgan fingerprint density at radius 2 is 2.12 bits per heavy atom. The van der Waals surface area contributed by atoms with Crippen LogP contribution in [0, 0.1) is 12.7 Å². The number of nitrogens with zero attached hydrogens (tertiary/aromatic N) is 4. The van der Waals surface area contributed by atoms with Crippen molar-refractivity contribution in [3.63, 3.8) is 0 Å². The molecule has 0 fully saturated rings. The Morgan fingerprint density at radius 3 is 3.00 bits per heavy atom. The fourth-order valence-corrected chi connectivity index (χ4v) is 2.81. The van der Waals surface area contributed by atoms with Gasteiger partial charge in [0.25, 0.3) is 0 Å². The third-order valence-corrected chi connectivity index (χ3v) is 4.22. The Morgan fingerprint density at radius 1 is 1.19 bits per heavy atom. The lowest BCUT2D eigenvalue weighted by molar-refractivity contribution is 0.294. The van der Waals surface area contributed by atoms with E-state index in [0.29, 0.717) is 12.4 Å². The molecule has 1 aliphatic heterocycles. The Labute approximate surface area is 150 Å². The van der Waals surface area contributed by atoms with E-state index in [1.165, 1.54) is 6.07 Å². The second-order valence-electron chi connectivity index (χ2n) is 6.00. The minimum absolute atomic E-state index is 0.0811. The van der Waals surface area contributed by atoms with Crippen molar-refractivity contribution in [2.75, 3.05) is 11.6 Å². The van der Waals surface area contributed by atoms with Crippen LogP contribution in [0.5, 0.6) is 5.75 Å². The minimum atomic E-state index is -0.367. The standard InChI is InChI=1S/C20H17FN4O/c1-14-4-5-16(26-12-19-17(21)3-2-7-23-19)9-20(14)25-11-15-6-8-22-10-18(15)24-13-25/h2-11H,12-13H2,1H3. The molecule has 3 heterocycles. The topological polar surface area (TPSA) is 50.6 Å². The molecule has 0 saturated heterocycles. The van der Waals surface area contributed by atoms with Gasteiger partial charge >= 0.3 is 0 Å². The summed E-state index contributed by atoms with van der Waals surface area (Å²) in [5.41, 5.74) is 2.39. The van der Waals surface area contributed by atoms with Crippen molar-refractivity contribution in [2.24, 2.45) is 4.99 Å². The molecule has 0 atom stereocenters. The Hall–Kier alpha value is -3.28. The lowest BCUT2D eigenvalue weighted by atomic mass is 10.1. The largest absolute Gasteiger partial charge is 0.487 e. The SMILES string of the molecule is Cc1ccc(OCc2ncccc2F)cc1N1C=c2ccncc2=NC1. The van der Waals surface area contributed by atoms with Gasteiger partial charge in [-0.05, 0) is 36.8 Å². The van der Waals surface area contributed by atoms with Crippen LogP contribution in [0.15, 0.2) is 60.0 Å². The van der Waals surface area contributed by atoms with E-state index in [-0.39, 0.29) is 18.1 Å². The molecule has 6 heteroatoms. The van der Waals surface area contributed by atoms with Crippen LogP contribution in [-0.2, 0) is 6.61 Å². The van der Waals surface area contributed by atoms with Gasteiger partial charge in [0.05, 0.1) is 11.6 Å². The first kappa shape index (κ1) is 16.2. The summed E-state index contributed by atoms with van der Waals surface area (Å²) in [4.78, 5) is 14.7. The summed E-state index contributed by atoms with van der Waals surface area (Å²) in [5, 5.41) is 1.91. The van der Waals surface area contributed by atoms with Crippen molar-refractivity contribution in [1.82, 2.24) is 9.97 Å². The van der Waals surface area contributed by atoms with Crippen molar-refractivity contribution in [3.05, 3.63) is 82.6 Å². The summed E-state index contributed by atoms with van der Waals surface area (Å²) in [7, 11) is 0. The van der Waals surface area contributed by atoms with Crippen LogP contribution in [0.1, 0.15) is 11.3 Å². The summed E-state index contributed by atoms with van der Waals surface area (Å²) in [6.45, 7) is 2.63. The zero-order chi connectivity index (χ0) is 17.9. The van der Waals surface area contributed by atoms with E-state index in [9.17, 15) is 4.39 Å². The normalized spacial score (nSPS) is 12.8. The van der Waals surface area contributed by atoms with Crippen molar-refractivity contribution < 1.29 is 9.13 Å². The molecule has 5 nitrogen and oxygen atoms in total. The van der Waals surface area contributed by atoms with Crippen LogP contribution in [0.4, 0.5) is 10.1 Å². The number of hydrogen-bond donors (Lipinski definition) is 0. The maximum Gasteiger partial charge on any atom is 0.148 e. The van der Waals surface area contributed by atoms with Gasteiger partial charge in [-0.15, -0.1) is 0 Å². The Balaban J connectivity index is 1.59. The van der Waals surface area contributed by atoms with Crippen LogP contribution in [0.2, 0.25) is 0 Å². The predicted molar refractivity (Wildman–Crippen MR) is 96.5 cm³/mol. The molecule has 0 aliphatic carbocycles. The van der Waals surface area contributed by atoms with Crippen molar-refractivity contribution in [1.29, 1.82) is 0 Å². The number of halogens is 1. The minimum Gasteiger partial charge on any atom is -0.487 e. The van der Waals surface area contributed by atoms with E-state index in [4.69, 9.17) is 4.74 Å². The van der Waals surface area contributed by atoms with E-state index >= 15 is 0 Å². The first-order valence-corrected chi connectivity index (χ1v) is 8.26. The lowest BCUT2D eigenvalue weighted by Gasteiger charge is -2.23. The average molecular weight is 348 g/mol. The maximum atomic E-state index is 13.7. The molecule has 0 amide bonds. The van der Waals surface area contributed by atoms with Gasteiger partial charge in [-0.25, -0.2) is 4.39 Å². The molecule has 130 valence electrons. The van der Waals surface area contributed by atoms with Gasteiger partial charge in [0.2, 0.25) is 0 Å². The van der Waals surface area contributed by atoms with Crippen molar-refractivity contribution in [2.45, 2.75) is 13.5 Å². The molecule has 0 spiro atoms. The first-order chi connectivity index (χ1) is 12.7.